The van der Waals surface area contributed by atoms with Gasteiger partial charge >= 0.3 is 5.97 Å². The standard InChI is InChI=1S/C18H12F2O3/c1-22-15-6-7-17(16(20)10-15)23-18(21)13-3-2-12-9-14(19)5-4-11(12)8-13/h2-10H,1H3. The van der Waals surface area contributed by atoms with Crippen LogP contribution < -0.4 is 9.47 Å². The van der Waals surface area contributed by atoms with Crippen LogP contribution in [0.25, 0.3) is 10.8 Å². The summed E-state index contributed by atoms with van der Waals surface area (Å²) in [6.07, 6.45) is 0. The lowest BCUT2D eigenvalue weighted by Gasteiger charge is -2.07. The molecule has 0 amide bonds. The van der Waals surface area contributed by atoms with Gasteiger partial charge in [0, 0.05) is 6.07 Å². The van der Waals surface area contributed by atoms with Gasteiger partial charge in [-0.15, -0.1) is 0 Å². The van der Waals surface area contributed by atoms with E-state index in [1.807, 2.05) is 0 Å². The van der Waals surface area contributed by atoms with E-state index in [2.05, 4.69) is 0 Å². The third kappa shape index (κ3) is 3.13. The molecule has 0 aliphatic heterocycles. The van der Waals surface area contributed by atoms with Crippen LogP contribution in [0.4, 0.5) is 8.78 Å². The van der Waals surface area contributed by atoms with Gasteiger partial charge in [-0.3, -0.25) is 0 Å². The van der Waals surface area contributed by atoms with E-state index in [-0.39, 0.29) is 17.1 Å². The molecule has 0 aliphatic carbocycles. The summed E-state index contributed by atoms with van der Waals surface area (Å²) in [7, 11) is 1.42. The van der Waals surface area contributed by atoms with Crippen molar-refractivity contribution >= 4 is 16.7 Å². The molecule has 0 atom stereocenters. The van der Waals surface area contributed by atoms with Crippen molar-refractivity contribution in [2.24, 2.45) is 0 Å². The summed E-state index contributed by atoms with van der Waals surface area (Å²) in [6.45, 7) is 0. The average Bonchev–Trinajstić information content (AvgIpc) is 2.56. The van der Waals surface area contributed by atoms with Crippen LogP contribution in [0.1, 0.15) is 10.4 Å². The minimum atomic E-state index is -0.694. The minimum Gasteiger partial charge on any atom is -0.497 e. The van der Waals surface area contributed by atoms with Crippen LogP contribution in [-0.4, -0.2) is 13.1 Å². The Balaban J connectivity index is 1.87. The first-order chi connectivity index (χ1) is 11.1. The lowest BCUT2D eigenvalue weighted by atomic mass is 10.1. The Bertz CT molecular complexity index is 891. The van der Waals surface area contributed by atoms with E-state index < -0.39 is 11.8 Å². The molecule has 3 aromatic carbocycles. The molecule has 3 rings (SSSR count). The highest BCUT2D eigenvalue weighted by Gasteiger charge is 2.13. The first-order valence-corrected chi connectivity index (χ1v) is 6.82. The Kier molecular flexibility index (Phi) is 3.93. The van der Waals surface area contributed by atoms with Crippen LogP contribution in [0.2, 0.25) is 0 Å². The van der Waals surface area contributed by atoms with Crippen molar-refractivity contribution < 1.29 is 23.0 Å². The fourth-order valence-corrected chi connectivity index (χ4v) is 2.19. The maximum Gasteiger partial charge on any atom is 0.343 e. The maximum absolute atomic E-state index is 13.8. The molecule has 116 valence electrons. The fraction of sp³-hybridized carbons (Fsp3) is 0.0556. The van der Waals surface area contributed by atoms with Crippen LogP contribution in [0.3, 0.4) is 0 Å². The summed E-state index contributed by atoms with van der Waals surface area (Å²) in [5, 5.41) is 1.35. The van der Waals surface area contributed by atoms with Gasteiger partial charge in [-0.05, 0) is 47.2 Å². The van der Waals surface area contributed by atoms with Crippen LogP contribution in [0.15, 0.2) is 54.6 Å². The van der Waals surface area contributed by atoms with E-state index in [0.717, 1.165) is 6.07 Å². The normalized spacial score (nSPS) is 10.6. The van der Waals surface area contributed by atoms with Crippen LogP contribution in [-0.2, 0) is 0 Å². The van der Waals surface area contributed by atoms with E-state index in [4.69, 9.17) is 9.47 Å². The van der Waals surface area contributed by atoms with Crippen molar-refractivity contribution in [2.75, 3.05) is 7.11 Å². The highest BCUT2D eigenvalue weighted by Crippen LogP contribution is 2.24. The van der Waals surface area contributed by atoms with E-state index in [1.165, 1.54) is 37.4 Å². The number of rotatable bonds is 3. The number of esters is 1. The van der Waals surface area contributed by atoms with Gasteiger partial charge in [0.2, 0.25) is 0 Å². The average molecular weight is 314 g/mol. The monoisotopic (exact) mass is 314 g/mol. The molecule has 0 heterocycles. The molecule has 0 saturated carbocycles. The summed E-state index contributed by atoms with van der Waals surface area (Å²) in [5.41, 5.74) is 0.249. The zero-order valence-electron chi connectivity index (χ0n) is 12.2. The van der Waals surface area contributed by atoms with E-state index in [9.17, 15) is 13.6 Å². The van der Waals surface area contributed by atoms with Gasteiger partial charge in [-0.2, -0.15) is 0 Å². The summed E-state index contributed by atoms with van der Waals surface area (Å²) in [6, 6.07) is 12.9. The van der Waals surface area contributed by atoms with Crippen molar-refractivity contribution in [2.45, 2.75) is 0 Å². The van der Waals surface area contributed by atoms with Crippen molar-refractivity contribution in [1.29, 1.82) is 0 Å². The number of hydrogen-bond acceptors (Lipinski definition) is 3. The highest BCUT2D eigenvalue weighted by molar-refractivity contribution is 5.96. The highest BCUT2D eigenvalue weighted by atomic mass is 19.1. The molecule has 23 heavy (non-hydrogen) atoms. The largest absolute Gasteiger partial charge is 0.497 e. The van der Waals surface area contributed by atoms with E-state index in [0.29, 0.717) is 16.5 Å². The van der Waals surface area contributed by atoms with Gasteiger partial charge in [-0.1, -0.05) is 12.1 Å². The number of hydrogen-bond donors (Lipinski definition) is 0. The topological polar surface area (TPSA) is 35.5 Å². The second-order valence-electron chi connectivity index (χ2n) is 4.89. The molecule has 0 bridgehead atoms. The Hall–Kier alpha value is -2.95. The van der Waals surface area contributed by atoms with Crippen LogP contribution in [0.5, 0.6) is 11.5 Å². The molecular formula is C18H12F2O3. The van der Waals surface area contributed by atoms with Gasteiger partial charge in [-0.25, -0.2) is 13.6 Å². The zero-order valence-corrected chi connectivity index (χ0v) is 12.2. The molecule has 0 aromatic heterocycles. The Morgan fingerprint density at radius 1 is 0.913 bits per heavy atom. The smallest absolute Gasteiger partial charge is 0.343 e. The summed E-state index contributed by atoms with van der Waals surface area (Å²) in [5.74, 6) is -1.60. The third-order valence-electron chi connectivity index (χ3n) is 3.38. The SMILES string of the molecule is COc1ccc(OC(=O)c2ccc3cc(F)ccc3c2)c(F)c1. The number of carbonyl (C=O) groups is 1. The predicted molar refractivity (Wildman–Crippen MR) is 81.8 cm³/mol. The molecular weight excluding hydrogens is 302 g/mol. The van der Waals surface area contributed by atoms with Crippen molar-refractivity contribution in [3.63, 3.8) is 0 Å². The molecule has 0 aliphatic rings. The number of carbonyl (C=O) groups excluding carboxylic acids is 1. The molecule has 5 heteroatoms. The number of fused-ring (bicyclic) bond motifs is 1. The minimum absolute atomic E-state index is 0.185. The molecule has 0 spiro atoms. The summed E-state index contributed by atoms with van der Waals surface area (Å²) < 4.78 is 36.9. The molecule has 0 fully saturated rings. The molecule has 0 radical (unpaired) electrons. The van der Waals surface area contributed by atoms with E-state index in [1.54, 1.807) is 18.2 Å². The molecule has 3 nitrogen and oxygen atoms in total. The van der Waals surface area contributed by atoms with Gasteiger partial charge in [0.25, 0.3) is 0 Å². The second kappa shape index (κ2) is 6.04. The Labute approximate surface area is 131 Å². The number of benzene rings is 3. The van der Waals surface area contributed by atoms with Gasteiger partial charge < -0.3 is 9.47 Å². The number of methoxy groups -OCH3 is 1. The van der Waals surface area contributed by atoms with Crippen LogP contribution in [0, 0.1) is 11.6 Å². The maximum atomic E-state index is 13.8. The second-order valence-corrected chi connectivity index (χ2v) is 4.89. The Morgan fingerprint density at radius 2 is 1.65 bits per heavy atom. The van der Waals surface area contributed by atoms with Crippen molar-refractivity contribution in [3.8, 4) is 11.5 Å². The van der Waals surface area contributed by atoms with Crippen molar-refractivity contribution in [1.82, 2.24) is 0 Å². The summed E-state index contributed by atoms with van der Waals surface area (Å²) in [4.78, 5) is 12.1. The van der Waals surface area contributed by atoms with Gasteiger partial charge in [0.1, 0.15) is 11.6 Å². The fourth-order valence-electron chi connectivity index (χ4n) is 2.19. The van der Waals surface area contributed by atoms with Crippen LogP contribution >= 0.6 is 0 Å². The van der Waals surface area contributed by atoms with Crippen molar-refractivity contribution in [3.05, 3.63) is 71.8 Å². The van der Waals surface area contributed by atoms with Gasteiger partial charge in [0.05, 0.1) is 12.7 Å². The lowest BCUT2D eigenvalue weighted by molar-refractivity contribution is 0.0728. The zero-order chi connectivity index (χ0) is 16.4. The third-order valence-corrected chi connectivity index (χ3v) is 3.38. The number of halogens is 2. The van der Waals surface area contributed by atoms with E-state index >= 15 is 0 Å². The number of ether oxygens (including phenoxy) is 2. The molecule has 3 aromatic rings. The molecule has 0 saturated heterocycles. The first-order valence-electron chi connectivity index (χ1n) is 6.82. The lowest BCUT2D eigenvalue weighted by Crippen LogP contribution is -2.09. The summed E-state index contributed by atoms with van der Waals surface area (Å²) >= 11 is 0. The Morgan fingerprint density at radius 3 is 2.39 bits per heavy atom. The predicted octanol–water partition coefficient (Wildman–Crippen LogP) is 4.35. The van der Waals surface area contributed by atoms with Gasteiger partial charge in [0.15, 0.2) is 11.6 Å². The first kappa shape index (κ1) is 15.0. The molecule has 0 unspecified atom stereocenters. The molecule has 0 N–H and O–H groups in total. The quantitative estimate of drug-likeness (QED) is 0.533.